The lowest BCUT2D eigenvalue weighted by atomic mass is 9.81. The van der Waals surface area contributed by atoms with E-state index in [9.17, 15) is 15.3 Å². The number of fused-ring (bicyclic) bond motifs is 1. The Balaban J connectivity index is 2.22. The lowest BCUT2D eigenvalue weighted by Gasteiger charge is -2.37. The first-order chi connectivity index (χ1) is 10.4. The van der Waals surface area contributed by atoms with Gasteiger partial charge in [0, 0.05) is 17.5 Å². The quantitative estimate of drug-likeness (QED) is 0.750. The summed E-state index contributed by atoms with van der Waals surface area (Å²) in [6.45, 7) is 5.88. The second-order valence-corrected chi connectivity index (χ2v) is 5.97. The summed E-state index contributed by atoms with van der Waals surface area (Å²) in [4.78, 5) is 0. The van der Waals surface area contributed by atoms with Crippen molar-refractivity contribution in [3.8, 4) is 17.2 Å². The van der Waals surface area contributed by atoms with Gasteiger partial charge in [0.05, 0.1) is 6.10 Å². The maximum atomic E-state index is 10.4. The van der Waals surface area contributed by atoms with Gasteiger partial charge >= 0.3 is 0 Å². The smallest absolute Gasteiger partial charge is 0.125 e. The van der Waals surface area contributed by atoms with Gasteiger partial charge in [-0.25, -0.2) is 0 Å². The average Bonchev–Trinajstić information content (AvgIpc) is 2.48. The van der Waals surface area contributed by atoms with E-state index >= 15 is 0 Å². The molecule has 0 aromatic heterocycles. The molecule has 1 heterocycles. The summed E-state index contributed by atoms with van der Waals surface area (Å²) in [5, 5.41) is 29.8. The van der Waals surface area contributed by atoms with Crippen LogP contribution in [0.4, 0.5) is 0 Å². The van der Waals surface area contributed by atoms with E-state index in [4.69, 9.17) is 4.74 Å². The Morgan fingerprint density at radius 3 is 2.18 bits per heavy atom. The Morgan fingerprint density at radius 1 is 0.909 bits per heavy atom. The Labute approximate surface area is 129 Å². The number of benzene rings is 2. The van der Waals surface area contributed by atoms with Crippen molar-refractivity contribution in [3.63, 3.8) is 0 Å². The van der Waals surface area contributed by atoms with Crippen LogP contribution in [0, 0.1) is 6.92 Å². The molecule has 0 bridgehead atoms. The molecule has 0 fully saturated rings. The minimum atomic E-state index is -0.416. The highest BCUT2D eigenvalue weighted by atomic mass is 16.5. The normalized spacial score (nSPS) is 24.0. The number of ether oxygens (including phenoxy) is 1. The van der Waals surface area contributed by atoms with Gasteiger partial charge in [-0.2, -0.15) is 0 Å². The fourth-order valence-corrected chi connectivity index (χ4v) is 3.19. The summed E-state index contributed by atoms with van der Waals surface area (Å²) in [5.74, 6) is 0.394. The molecule has 2 aromatic rings. The molecule has 4 heteroatoms. The van der Waals surface area contributed by atoms with E-state index < -0.39 is 6.10 Å². The van der Waals surface area contributed by atoms with Crippen molar-refractivity contribution < 1.29 is 20.1 Å². The molecule has 3 N–H and O–H groups in total. The molecular formula is C18H20O4. The van der Waals surface area contributed by atoms with Crippen molar-refractivity contribution >= 4 is 0 Å². The van der Waals surface area contributed by atoms with Gasteiger partial charge in [-0.05, 0) is 42.7 Å². The van der Waals surface area contributed by atoms with E-state index in [1.54, 1.807) is 24.3 Å². The van der Waals surface area contributed by atoms with Gasteiger partial charge in [-0.3, -0.25) is 0 Å². The molecule has 2 aromatic carbocycles. The second kappa shape index (κ2) is 5.21. The zero-order valence-electron chi connectivity index (χ0n) is 12.9. The summed E-state index contributed by atoms with van der Waals surface area (Å²) in [6.07, 6.45) is -0.465. The highest BCUT2D eigenvalue weighted by molar-refractivity contribution is 5.57. The van der Waals surface area contributed by atoms with Crippen LogP contribution in [-0.2, 0) is 4.74 Å². The van der Waals surface area contributed by atoms with Crippen LogP contribution in [-0.4, -0.2) is 21.4 Å². The third-order valence-electron chi connectivity index (χ3n) is 4.60. The molecule has 0 radical (unpaired) electrons. The highest BCUT2D eigenvalue weighted by Crippen LogP contribution is 2.48. The standard InChI is InChI=1S/C18H20O4/c1-9-11(3)22-18(12-4-6-13(19)7-5-12)17-15(21)8-14(20)10(2)16(9)17/h4-9,11,18-21H,1-3H3. The van der Waals surface area contributed by atoms with Crippen LogP contribution in [0.2, 0.25) is 0 Å². The van der Waals surface area contributed by atoms with Crippen LogP contribution >= 0.6 is 0 Å². The number of phenolic OH excluding ortho intramolecular Hbond substituents is 3. The Kier molecular flexibility index (Phi) is 3.49. The summed E-state index contributed by atoms with van der Waals surface area (Å²) in [5.41, 5.74) is 3.28. The summed E-state index contributed by atoms with van der Waals surface area (Å²) in [7, 11) is 0. The molecule has 22 heavy (non-hydrogen) atoms. The van der Waals surface area contributed by atoms with Crippen LogP contribution in [0.1, 0.15) is 48.1 Å². The van der Waals surface area contributed by atoms with Crippen molar-refractivity contribution in [2.75, 3.05) is 0 Å². The fraction of sp³-hybridized carbons (Fsp3) is 0.333. The largest absolute Gasteiger partial charge is 0.508 e. The SMILES string of the molecule is Cc1c(O)cc(O)c2c1C(C)C(C)OC2c1ccc(O)cc1. The molecule has 0 spiro atoms. The van der Waals surface area contributed by atoms with Crippen molar-refractivity contribution in [1.82, 2.24) is 0 Å². The number of hydrogen-bond donors (Lipinski definition) is 3. The van der Waals surface area contributed by atoms with Crippen LogP contribution in [0.15, 0.2) is 30.3 Å². The van der Waals surface area contributed by atoms with Crippen molar-refractivity contribution in [1.29, 1.82) is 0 Å². The number of hydrogen-bond acceptors (Lipinski definition) is 4. The zero-order chi connectivity index (χ0) is 16.0. The zero-order valence-corrected chi connectivity index (χ0v) is 12.9. The lowest BCUT2D eigenvalue weighted by molar-refractivity contribution is -0.00916. The van der Waals surface area contributed by atoms with Gasteiger partial charge in [0.2, 0.25) is 0 Å². The molecule has 4 nitrogen and oxygen atoms in total. The third-order valence-corrected chi connectivity index (χ3v) is 4.60. The maximum absolute atomic E-state index is 10.4. The number of aromatic hydroxyl groups is 3. The number of rotatable bonds is 1. The van der Waals surface area contributed by atoms with Gasteiger partial charge < -0.3 is 20.1 Å². The molecule has 0 aliphatic carbocycles. The van der Waals surface area contributed by atoms with E-state index in [0.717, 1.165) is 16.7 Å². The van der Waals surface area contributed by atoms with Gasteiger partial charge in [0.15, 0.2) is 0 Å². The molecule has 1 aliphatic heterocycles. The Hall–Kier alpha value is -2.20. The highest BCUT2D eigenvalue weighted by Gasteiger charge is 2.35. The average molecular weight is 300 g/mol. The van der Waals surface area contributed by atoms with E-state index in [-0.39, 0.29) is 29.3 Å². The van der Waals surface area contributed by atoms with Gasteiger partial charge in [-0.15, -0.1) is 0 Å². The van der Waals surface area contributed by atoms with Gasteiger partial charge in [0.25, 0.3) is 0 Å². The molecular weight excluding hydrogens is 280 g/mol. The summed E-state index contributed by atoms with van der Waals surface area (Å²) >= 11 is 0. The molecule has 0 saturated heterocycles. The lowest BCUT2D eigenvalue weighted by Crippen LogP contribution is -2.28. The molecule has 0 amide bonds. The van der Waals surface area contributed by atoms with Crippen molar-refractivity contribution in [3.05, 3.63) is 52.6 Å². The topological polar surface area (TPSA) is 69.9 Å². The van der Waals surface area contributed by atoms with Crippen molar-refractivity contribution in [2.24, 2.45) is 0 Å². The molecule has 1 aliphatic rings. The Bertz CT molecular complexity index is 706. The molecule has 0 saturated carbocycles. The van der Waals surface area contributed by atoms with E-state index in [1.165, 1.54) is 6.07 Å². The van der Waals surface area contributed by atoms with Crippen LogP contribution in [0.3, 0.4) is 0 Å². The first-order valence-corrected chi connectivity index (χ1v) is 7.40. The van der Waals surface area contributed by atoms with Gasteiger partial charge in [0.1, 0.15) is 23.4 Å². The number of phenols is 3. The molecule has 3 unspecified atom stereocenters. The predicted octanol–water partition coefficient (Wildman–Crippen LogP) is 3.72. The van der Waals surface area contributed by atoms with E-state index in [2.05, 4.69) is 0 Å². The third kappa shape index (κ3) is 2.20. The molecule has 3 rings (SSSR count). The van der Waals surface area contributed by atoms with E-state index in [1.807, 2.05) is 20.8 Å². The summed E-state index contributed by atoms with van der Waals surface area (Å²) < 4.78 is 6.10. The van der Waals surface area contributed by atoms with Crippen LogP contribution < -0.4 is 0 Å². The summed E-state index contributed by atoms with van der Waals surface area (Å²) in [6, 6.07) is 8.15. The molecule has 3 atom stereocenters. The van der Waals surface area contributed by atoms with Gasteiger partial charge in [-0.1, -0.05) is 19.1 Å². The minimum Gasteiger partial charge on any atom is -0.508 e. The first kappa shape index (κ1) is 14.7. The van der Waals surface area contributed by atoms with Crippen LogP contribution in [0.25, 0.3) is 0 Å². The first-order valence-electron chi connectivity index (χ1n) is 7.40. The van der Waals surface area contributed by atoms with E-state index in [0.29, 0.717) is 5.56 Å². The molecule has 116 valence electrons. The maximum Gasteiger partial charge on any atom is 0.125 e. The predicted molar refractivity (Wildman–Crippen MR) is 83.4 cm³/mol. The van der Waals surface area contributed by atoms with Crippen molar-refractivity contribution in [2.45, 2.75) is 38.9 Å². The minimum absolute atomic E-state index is 0.0370. The second-order valence-electron chi connectivity index (χ2n) is 5.97. The fourth-order valence-electron chi connectivity index (χ4n) is 3.19. The monoisotopic (exact) mass is 300 g/mol. The van der Waals surface area contributed by atoms with Crippen LogP contribution in [0.5, 0.6) is 17.2 Å². The Morgan fingerprint density at radius 2 is 1.55 bits per heavy atom.